The van der Waals surface area contributed by atoms with Crippen molar-refractivity contribution in [3.05, 3.63) is 63.6 Å². The lowest BCUT2D eigenvalue weighted by molar-refractivity contribution is -0.120. The molecule has 0 spiro atoms. The third-order valence-corrected chi connectivity index (χ3v) is 4.87. The first-order chi connectivity index (χ1) is 12.3. The highest BCUT2D eigenvalue weighted by molar-refractivity contribution is 7.80. The maximum atomic E-state index is 12.4. The van der Waals surface area contributed by atoms with Gasteiger partial charge in [0, 0.05) is 5.69 Å². The number of carbonyl (C=O) groups excluding carboxylic acids is 1. The number of rotatable bonds is 5. The number of benzene rings is 2. The van der Waals surface area contributed by atoms with E-state index in [1.807, 2.05) is 19.1 Å². The fraction of sp³-hybridized carbons (Fsp3) is 0.300. The Morgan fingerprint density at radius 1 is 1.04 bits per heavy atom. The second-order valence-corrected chi connectivity index (χ2v) is 7.86. The zero-order chi connectivity index (χ0) is 19.3. The number of hydrogen-bond acceptors (Lipinski definition) is 2. The van der Waals surface area contributed by atoms with E-state index in [0.717, 1.165) is 12.0 Å². The van der Waals surface area contributed by atoms with Crippen molar-refractivity contribution >= 4 is 52.1 Å². The number of anilines is 1. The van der Waals surface area contributed by atoms with Crippen LogP contribution in [0.5, 0.6) is 0 Å². The maximum absolute atomic E-state index is 12.4. The molecule has 0 aliphatic carbocycles. The Hall–Kier alpha value is -1.62. The second-order valence-electron chi connectivity index (χ2n) is 6.63. The molecule has 2 aromatic carbocycles. The summed E-state index contributed by atoms with van der Waals surface area (Å²) in [6.07, 6.45) is 1.03. The second kappa shape index (κ2) is 9.36. The largest absolute Gasteiger partial charge is 0.332 e. The predicted octanol–water partition coefficient (Wildman–Crippen LogP) is 5.81. The molecule has 0 aromatic heterocycles. The molecule has 2 aromatic rings. The molecule has 0 bridgehead atoms. The SMILES string of the molecule is CC(C)Cc1ccc(C(C)C(=O)NC(=S)Nc2ccc(Cl)c(Cl)c2)cc1. The van der Waals surface area contributed by atoms with E-state index >= 15 is 0 Å². The van der Waals surface area contributed by atoms with Gasteiger partial charge in [0.25, 0.3) is 0 Å². The Labute approximate surface area is 170 Å². The number of thiocarbonyl (C=S) groups is 1. The lowest BCUT2D eigenvalue weighted by Gasteiger charge is -2.15. The van der Waals surface area contributed by atoms with Crippen molar-refractivity contribution in [3.8, 4) is 0 Å². The van der Waals surface area contributed by atoms with E-state index in [1.54, 1.807) is 18.2 Å². The third kappa shape index (κ3) is 5.97. The predicted molar refractivity (Wildman–Crippen MR) is 114 cm³/mol. The van der Waals surface area contributed by atoms with Crippen LogP contribution in [0.3, 0.4) is 0 Å². The molecule has 1 atom stereocenters. The van der Waals surface area contributed by atoms with E-state index in [2.05, 4.69) is 36.6 Å². The number of nitrogens with one attached hydrogen (secondary N) is 2. The van der Waals surface area contributed by atoms with Crippen LogP contribution in [0.15, 0.2) is 42.5 Å². The summed E-state index contributed by atoms with van der Waals surface area (Å²) in [6.45, 7) is 6.23. The van der Waals surface area contributed by atoms with Crippen LogP contribution in [0.25, 0.3) is 0 Å². The summed E-state index contributed by atoms with van der Waals surface area (Å²) in [7, 11) is 0. The topological polar surface area (TPSA) is 41.1 Å². The molecule has 0 fully saturated rings. The lowest BCUT2D eigenvalue weighted by Crippen LogP contribution is -2.36. The van der Waals surface area contributed by atoms with Gasteiger partial charge in [-0.2, -0.15) is 0 Å². The molecule has 0 saturated heterocycles. The summed E-state index contributed by atoms with van der Waals surface area (Å²) < 4.78 is 0. The summed E-state index contributed by atoms with van der Waals surface area (Å²) in [5.41, 5.74) is 2.89. The number of halogens is 2. The molecule has 0 aliphatic rings. The molecule has 0 heterocycles. The first kappa shape index (κ1) is 20.7. The Morgan fingerprint density at radius 3 is 2.27 bits per heavy atom. The summed E-state index contributed by atoms with van der Waals surface area (Å²) >= 11 is 17.1. The Bertz CT molecular complexity index is 791. The van der Waals surface area contributed by atoms with E-state index in [0.29, 0.717) is 21.7 Å². The van der Waals surface area contributed by atoms with Gasteiger partial charge in [-0.25, -0.2) is 0 Å². The van der Waals surface area contributed by atoms with Crippen LogP contribution in [0.2, 0.25) is 10.0 Å². The van der Waals surface area contributed by atoms with Crippen molar-refractivity contribution in [3.63, 3.8) is 0 Å². The third-order valence-electron chi connectivity index (χ3n) is 3.93. The zero-order valence-corrected chi connectivity index (χ0v) is 17.3. The zero-order valence-electron chi connectivity index (χ0n) is 15.0. The van der Waals surface area contributed by atoms with Crippen LogP contribution in [0.1, 0.15) is 37.8 Å². The summed E-state index contributed by atoms with van der Waals surface area (Å²) in [5, 5.41) is 6.74. The van der Waals surface area contributed by atoms with Crippen LogP contribution in [0, 0.1) is 5.92 Å². The fourth-order valence-electron chi connectivity index (χ4n) is 2.52. The van der Waals surface area contributed by atoms with E-state index < -0.39 is 0 Å². The molecule has 138 valence electrons. The molecule has 1 unspecified atom stereocenters. The normalized spacial score (nSPS) is 11.9. The highest BCUT2D eigenvalue weighted by atomic mass is 35.5. The van der Waals surface area contributed by atoms with Crippen molar-refractivity contribution in [1.82, 2.24) is 5.32 Å². The van der Waals surface area contributed by atoms with Gasteiger partial charge in [0.1, 0.15) is 0 Å². The van der Waals surface area contributed by atoms with Gasteiger partial charge < -0.3 is 10.6 Å². The van der Waals surface area contributed by atoms with Crippen LogP contribution in [-0.4, -0.2) is 11.0 Å². The molecular weight excluding hydrogens is 387 g/mol. The van der Waals surface area contributed by atoms with Crippen molar-refractivity contribution in [2.75, 3.05) is 5.32 Å². The minimum atomic E-state index is -0.309. The molecular formula is C20H22Cl2N2OS. The number of carbonyl (C=O) groups is 1. The van der Waals surface area contributed by atoms with Crippen LogP contribution < -0.4 is 10.6 Å². The first-order valence-electron chi connectivity index (χ1n) is 8.42. The van der Waals surface area contributed by atoms with Gasteiger partial charge in [0.05, 0.1) is 16.0 Å². The van der Waals surface area contributed by atoms with E-state index in [4.69, 9.17) is 35.4 Å². The van der Waals surface area contributed by atoms with E-state index in [-0.39, 0.29) is 16.9 Å². The van der Waals surface area contributed by atoms with Gasteiger partial charge in [-0.05, 0) is 60.8 Å². The molecule has 0 saturated carbocycles. The van der Waals surface area contributed by atoms with Gasteiger partial charge >= 0.3 is 0 Å². The van der Waals surface area contributed by atoms with Crippen molar-refractivity contribution in [1.29, 1.82) is 0 Å². The van der Waals surface area contributed by atoms with Gasteiger partial charge in [0.2, 0.25) is 5.91 Å². The molecule has 1 amide bonds. The minimum Gasteiger partial charge on any atom is -0.332 e. The quantitative estimate of drug-likeness (QED) is 0.613. The highest BCUT2D eigenvalue weighted by Gasteiger charge is 2.16. The Morgan fingerprint density at radius 2 is 1.69 bits per heavy atom. The smallest absolute Gasteiger partial charge is 0.233 e. The average Bonchev–Trinajstić information content (AvgIpc) is 2.57. The standard InChI is InChI=1S/C20H22Cl2N2OS/c1-12(2)10-14-4-6-15(7-5-14)13(3)19(25)24-20(26)23-16-8-9-17(21)18(22)11-16/h4-9,11-13H,10H2,1-3H3,(H2,23,24,25,26). The van der Waals surface area contributed by atoms with Gasteiger partial charge in [-0.15, -0.1) is 0 Å². The van der Waals surface area contributed by atoms with Crippen LogP contribution in [0.4, 0.5) is 5.69 Å². The van der Waals surface area contributed by atoms with Gasteiger partial charge in [-0.3, -0.25) is 4.79 Å². The molecule has 0 radical (unpaired) electrons. The summed E-state index contributed by atoms with van der Waals surface area (Å²) in [6, 6.07) is 13.2. The van der Waals surface area contributed by atoms with Gasteiger partial charge in [0.15, 0.2) is 5.11 Å². The molecule has 0 aliphatic heterocycles. The maximum Gasteiger partial charge on any atom is 0.233 e. The fourth-order valence-corrected chi connectivity index (χ4v) is 3.04. The van der Waals surface area contributed by atoms with E-state index in [9.17, 15) is 4.79 Å². The average molecular weight is 409 g/mol. The molecule has 6 heteroatoms. The first-order valence-corrected chi connectivity index (χ1v) is 9.58. The van der Waals surface area contributed by atoms with Crippen LogP contribution >= 0.6 is 35.4 Å². The van der Waals surface area contributed by atoms with Crippen molar-refractivity contribution in [2.45, 2.75) is 33.1 Å². The molecule has 26 heavy (non-hydrogen) atoms. The minimum absolute atomic E-state index is 0.167. The number of hydrogen-bond donors (Lipinski definition) is 2. The Balaban J connectivity index is 1.95. The molecule has 3 nitrogen and oxygen atoms in total. The number of amides is 1. The van der Waals surface area contributed by atoms with Crippen LogP contribution in [-0.2, 0) is 11.2 Å². The molecule has 2 rings (SSSR count). The lowest BCUT2D eigenvalue weighted by atomic mass is 9.96. The summed E-state index contributed by atoms with van der Waals surface area (Å²) in [4.78, 5) is 12.4. The van der Waals surface area contributed by atoms with Crippen molar-refractivity contribution in [2.24, 2.45) is 5.92 Å². The Kier molecular flexibility index (Phi) is 7.44. The van der Waals surface area contributed by atoms with Gasteiger partial charge in [-0.1, -0.05) is 61.3 Å². The molecule has 2 N–H and O–H groups in total. The highest BCUT2D eigenvalue weighted by Crippen LogP contribution is 2.25. The van der Waals surface area contributed by atoms with E-state index in [1.165, 1.54) is 5.56 Å². The monoisotopic (exact) mass is 408 g/mol. The summed E-state index contributed by atoms with van der Waals surface area (Å²) in [5.74, 6) is 0.127. The van der Waals surface area contributed by atoms with Crippen molar-refractivity contribution < 1.29 is 4.79 Å².